The van der Waals surface area contributed by atoms with Gasteiger partial charge in [-0.1, -0.05) is 45.0 Å². The van der Waals surface area contributed by atoms with Crippen molar-refractivity contribution in [3.8, 4) is 0 Å². The molecule has 0 heterocycles. The molecule has 0 fully saturated rings. The number of benzene rings is 1. The average Bonchev–Trinajstić information content (AvgIpc) is 2.46. The summed E-state index contributed by atoms with van der Waals surface area (Å²) in [4.78, 5) is 2.48. The SMILES string of the molecule is CCc1ccc(C(CN(C)C(CC)CC)NC)cc1. The number of nitrogens with zero attached hydrogens (tertiary/aromatic N) is 1. The van der Waals surface area contributed by atoms with Crippen molar-refractivity contribution in [1.29, 1.82) is 0 Å². The summed E-state index contributed by atoms with van der Waals surface area (Å²) in [6.45, 7) is 7.81. The zero-order valence-corrected chi connectivity index (χ0v) is 13.2. The molecule has 1 atom stereocenters. The molecule has 1 aromatic rings. The van der Waals surface area contributed by atoms with Gasteiger partial charge in [0.15, 0.2) is 0 Å². The van der Waals surface area contributed by atoms with Crippen molar-refractivity contribution in [3.05, 3.63) is 35.4 Å². The quantitative estimate of drug-likeness (QED) is 0.769. The van der Waals surface area contributed by atoms with Crippen LogP contribution in [0.3, 0.4) is 0 Å². The van der Waals surface area contributed by atoms with Gasteiger partial charge >= 0.3 is 0 Å². The minimum Gasteiger partial charge on any atom is -0.312 e. The van der Waals surface area contributed by atoms with Crippen molar-refractivity contribution in [3.63, 3.8) is 0 Å². The largest absolute Gasteiger partial charge is 0.312 e. The second-order valence-electron chi connectivity index (χ2n) is 5.35. The van der Waals surface area contributed by atoms with Gasteiger partial charge in [0, 0.05) is 18.6 Å². The van der Waals surface area contributed by atoms with E-state index in [1.165, 1.54) is 24.0 Å². The lowest BCUT2D eigenvalue weighted by Crippen LogP contribution is -2.37. The van der Waals surface area contributed by atoms with Gasteiger partial charge in [0.05, 0.1) is 0 Å². The molecular formula is C17H30N2. The van der Waals surface area contributed by atoms with E-state index in [-0.39, 0.29) is 0 Å². The Bertz CT molecular complexity index is 341. The Morgan fingerprint density at radius 2 is 1.63 bits per heavy atom. The topological polar surface area (TPSA) is 15.3 Å². The summed E-state index contributed by atoms with van der Waals surface area (Å²) in [5, 5.41) is 3.45. The molecule has 0 saturated carbocycles. The summed E-state index contributed by atoms with van der Waals surface area (Å²) >= 11 is 0. The maximum Gasteiger partial charge on any atom is 0.0446 e. The molecule has 0 radical (unpaired) electrons. The Labute approximate surface area is 119 Å². The molecule has 0 aliphatic heterocycles. The van der Waals surface area contributed by atoms with Gasteiger partial charge in [-0.25, -0.2) is 0 Å². The van der Waals surface area contributed by atoms with Crippen LogP contribution >= 0.6 is 0 Å². The highest BCUT2D eigenvalue weighted by Crippen LogP contribution is 2.17. The fourth-order valence-corrected chi connectivity index (χ4v) is 2.70. The monoisotopic (exact) mass is 262 g/mol. The van der Waals surface area contributed by atoms with Crippen LogP contribution in [0.25, 0.3) is 0 Å². The number of rotatable bonds is 8. The molecule has 0 bridgehead atoms. The molecule has 2 nitrogen and oxygen atoms in total. The van der Waals surface area contributed by atoms with E-state index >= 15 is 0 Å². The second-order valence-corrected chi connectivity index (χ2v) is 5.35. The van der Waals surface area contributed by atoms with E-state index < -0.39 is 0 Å². The van der Waals surface area contributed by atoms with Crippen LogP contribution in [0.15, 0.2) is 24.3 Å². The van der Waals surface area contributed by atoms with Crippen molar-refractivity contribution in [1.82, 2.24) is 10.2 Å². The molecule has 0 aromatic heterocycles. The van der Waals surface area contributed by atoms with Crippen molar-refractivity contribution >= 4 is 0 Å². The maximum atomic E-state index is 3.45. The number of hydrogen-bond acceptors (Lipinski definition) is 2. The van der Waals surface area contributed by atoms with Crippen LogP contribution in [-0.4, -0.2) is 31.6 Å². The molecule has 0 aliphatic rings. The van der Waals surface area contributed by atoms with E-state index in [1.54, 1.807) is 0 Å². The first-order valence-electron chi connectivity index (χ1n) is 7.62. The lowest BCUT2D eigenvalue weighted by molar-refractivity contribution is 0.209. The molecule has 108 valence electrons. The fourth-order valence-electron chi connectivity index (χ4n) is 2.70. The Morgan fingerprint density at radius 1 is 1.05 bits per heavy atom. The second kappa shape index (κ2) is 8.34. The third kappa shape index (κ3) is 4.63. The zero-order chi connectivity index (χ0) is 14.3. The lowest BCUT2D eigenvalue weighted by atomic mass is 10.0. The molecule has 0 saturated heterocycles. The number of nitrogens with one attached hydrogen (secondary N) is 1. The van der Waals surface area contributed by atoms with Crippen LogP contribution in [-0.2, 0) is 6.42 Å². The molecule has 1 unspecified atom stereocenters. The third-order valence-electron chi connectivity index (χ3n) is 4.18. The molecule has 0 aliphatic carbocycles. The Balaban J connectivity index is 2.71. The molecular weight excluding hydrogens is 232 g/mol. The van der Waals surface area contributed by atoms with Gasteiger partial charge < -0.3 is 10.2 Å². The normalized spacial score (nSPS) is 13.2. The van der Waals surface area contributed by atoms with E-state index in [0.29, 0.717) is 12.1 Å². The van der Waals surface area contributed by atoms with E-state index in [9.17, 15) is 0 Å². The summed E-state index contributed by atoms with van der Waals surface area (Å²) < 4.78 is 0. The third-order valence-corrected chi connectivity index (χ3v) is 4.18. The summed E-state index contributed by atoms with van der Waals surface area (Å²) in [7, 11) is 4.29. The summed E-state index contributed by atoms with van der Waals surface area (Å²) in [6.07, 6.45) is 3.55. The smallest absolute Gasteiger partial charge is 0.0446 e. The molecule has 1 rings (SSSR count). The first kappa shape index (κ1) is 16.2. The van der Waals surface area contributed by atoms with Crippen LogP contribution in [0, 0.1) is 0 Å². The van der Waals surface area contributed by atoms with Crippen LogP contribution < -0.4 is 5.32 Å². The van der Waals surface area contributed by atoms with E-state index in [4.69, 9.17) is 0 Å². The minimum atomic E-state index is 0.413. The lowest BCUT2D eigenvalue weighted by Gasteiger charge is -2.30. The molecule has 1 N–H and O–H groups in total. The van der Waals surface area contributed by atoms with Crippen LogP contribution in [0.1, 0.15) is 50.8 Å². The van der Waals surface area contributed by atoms with E-state index in [2.05, 4.69) is 69.3 Å². The van der Waals surface area contributed by atoms with Gasteiger partial charge in [-0.05, 0) is 44.5 Å². The highest BCUT2D eigenvalue weighted by molar-refractivity contribution is 5.25. The minimum absolute atomic E-state index is 0.413. The number of aryl methyl sites for hydroxylation is 1. The van der Waals surface area contributed by atoms with Crippen molar-refractivity contribution in [2.45, 2.75) is 52.1 Å². The van der Waals surface area contributed by atoms with Gasteiger partial charge in [0.2, 0.25) is 0 Å². The Hall–Kier alpha value is -0.860. The van der Waals surface area contributed by atoms with Crippen LogP contribution in [0.5, 0.6) is 0 Å². The summed E-state index contributed by atoms with van der Waals surface area (Å²) in [5.41, 5.74) is 2.80. The van der Waals surface area contributed by atoms with Gasteiger partial charge in [-0.2, -0.15) is 0 Å². The predicted octanol–water partition coefficient (Wildman–Crippen LogP) is 3.63. The number of likely N-dealkylation sites (N-methyl/N-ethyl adjacent to an activating group) is 2. The first-order valence-corrected chi connectivity index (χ1v) is 7.62. The predicted molar refractivity (Wildman–Crippen MR) is 84.6 cm³/mol. The Morgan fingerprint density at radius 3 is 2.05 bits per heavy atom. The average molecular weight is 262 g/mol. The highest BCUT2D eigenvalue weighted by Gasteiger charge is 2.16. The number of hydrogen-bond donors (Lipinski definition) is 1. The van der Waals surface area contributed by atoms with E-state index in [0.717, 1.165) is 13.0 Å². The molecule has 2 heteroatoms. The maximum absolute atomic E-state index is 3.45. The summed E-state index contributed by atoms with van der Waals surface area (Å²) in [5.74, 6) is 0. The van der Waals surface area contributed by atoms with Gasteiger partial charge in [0.25, 0.3) is 0 Å². The first-order chi connectivity index (χ1) is 9.15. The van der Waals surface area contributed by atoms with Crippen LogP contribution in [0.2, 0.25) is 0 Å². The van der Waals surface area contributed by atoms with Crippen molar-refractivity contribution < 1.29 is 0 Å². The van der Waals surface area contributed by atoms with Gasteiger partial charge in [0.1, 0.15) is 0 Å². The summed E-state index contributed by atoms with van der Waals surface area (Å²) in [6, 6.07) is 10.1. The molecule has 0 spiro atoms. The van der Waals surface area contributed by atoms with Crippen molar-refractivity contribution in [2.24, 2.45) is 0 Å². The zero-order valence-electron chi connectivity index (χ0n) is 13.2. The standard InChI is InChI=1S/C17H30N2/c1-6-14-9-11-15(12-10-14)17(18-4)13-19(5)16(7-2)8-3/h9-12,16-18H,6-8,13H2,1-5H3. The van der Waals surface area contributed by atoms with Gasteiger partial charge in [-0.3, -0.25) is 0 Å². The Kier molecular flexibility index (Phi) is 7.11. The highest BCUT2D eigenvalue weighted by atomic mass is 15.1. The van der Waals surface area contributed by atoms with E-state index in [1.807, 2.05) is 0 Å². The van der Waals surface area contributed by atoms with Gasteiger partial charge in [-0.15, -0.1) is 0 Å². The fraction of sp³-hybridized carbons (Fsp3) is 0.647. The molecule has 0 amide bonds. The van der Waals surface area contributed by atoms with Crippen molar-refractivity contribution in [2.75, 3.05) is 20.6 Å². The molecule has 19 heavy (non-hydrogen) atoms. The van der Waals surface area contributed by atoms with Crippen LogP contribution in [0.4, 0.5) is 0 Å². The molecule has 1 aromatic carbocycles.